The van der Waals surface area contributed by atoms with Crippen molar-refractivity contribution in [1.82, 2.24) is 0 Å². The van der Waals surface area contributed by atoms with E-state index >= 15 is 0 Å². The van der Waals surface area contributed by atoms with Crippen molar-refractivity contribution in [3.05, 3.63) is 223 Å². The Bertz CT molecular complexity index is 3100. The van der Waals surface area contributed by atoms with E-state index in [0.29, 0.717) is 0 Å². The van der Waals surface area contributed by atoms with Crippen LogP contribution >= 0.6 is 0 Å². The van der Waals surface area contributed by atoms with Crippen LogP contribution in [0.4, 0.5) is 17.1 Å². The zero-order valence-corrected chi connectivity index (χ0v) is 33.1. The van der Waals surface area contributed by atoms with Gasteiger partial charge in [-0.05, 0) is 133 Å². The van der Waals surface area contributed by atoms with Gasteiger partial charge < -0.3 is 9.32 Å². The fourth-order valence-corrected chi connectivity index (χ4v) is 9.17. The summed E-state index contributed by atoms with van der Waals surface area (Å²) in [5.74, 6) is 0. The van der Waals surface area contributed by atoms with Crippen LogP contribution in [-0.4, -0.2) is 0 Å². The largest absolute Gasteiger partial charge is 0.456 e. The molecule has 2 heteroatoms. The first-order valence-electron chi connectivity index (χ1n) is 20.4. The molecule has 0 saturated carbocycles. The molecule has 0 radical (unpaired) electrons. The Morgan fingerprint density at radius 2 is 0.763 bits per heavy atom. The van der Waals surface area contributed by atoms with Crippen molar-refractivity contribution in [2.24, 2.45) is 0 Å². The molecule has 0 unspecified atom stereocenters. The van der Waals surface area contributed by atoms with E-state index in [2.05, 4.69) is 219 Å². The van der Waals surface area contributed by atoms with Crippen molar-refractivity contribution >= 4 is 39.0 Å². The molecule has 9 aromatic carbocycles. The van der Waals surface area contributed by atoms with E-state index in [1.54, 1.807) is 0 Å². The van der Waals surface area contributed by atoms with E-state index in [1.165, 1.54) is 61.2 Å². The van der Waals surface area contributed by atoms with Gasteiger partial charge in [-0.15, -0.1) is 0 Å². The van der Waals surface area contributed by atoms with Gasteiger partial charge in [-0.25, -0.2) is 0 Å². The number of para-hydroxylation sites is 1. The Morgan fingerprint density at radius 3 is 1.39 bits per heavy atom. The summed E-state index contributed by atoms with van der Waals surface area (Å²) < 4.78 is 6.46. The summed E-state index contributed by atoms with van der Waals surface area (Å²) in [6.07, 6.45) is 0. The van der Waals surface area contributed by atoms with Crippen LogP contribution < -0.4 is 4.90 Å². The van der Waals surface area contributed by atoms with Crippen molar-refractivity contribution < 1.29 is 4.42 Å². The topological polar surface area (TPSA) is 16.4 Å². The number of benzene rings is 9. The zero-order valence-electron chi connectivity index (χ0n) is 33.1. The molecule has 0 spiro atoms. The number of fused-ring (bicyclic) bond motifs is 6. The Balaban J connectivity index is 1.03. The summed E-state index contributed by atoms with van der Waals surface area (Å²) in [5.41, 5.74) is 19.7. The molecular formula is C57H41NO. The Hall–Kier alpha value is -7.42. The highest BCUT2D eigenvalue weighted by molar-refractivity contribution is 6.06. The number of furan rings is 1. The third-order valence-corrected chi connectivity index (χ3v) is 12.3. The van der Waals surface area contributed by atoms with E-state index < -0.39 is 0 Å². The SMILES string of the molecule is CC1(C)c2cc(-c3ccccc3)ccc2-c2ccc(N(c3ccc(-c4cc(-c5ccccc5)cc(-c5ccccc5)c4)cc3)c3ccc4c(c3)oc3ccccc34)cc21. The molecule has 0 fully saturated rings. The molecule has 1 heterocycles. The second-order valence-electron chi connectivity index (χ2n) is 16.2. The summed E-state index contributed by atoms with van der Waals surface area (Å²) in [5, 5.41) is 2.25. The van der Waals surface area contributed by atoms with Gasteiger partial charge in [0.1, 0.15) is 11.2 Å². The lowest BCUT2D eigenvalue weighted by Gasteiger charge is -2.28. The highest BCUT2D eigenvalue weighted by Crippen LogP contribution is 2.52. The lowest BCUT2D eigenvalue weighted by atomic mass is 9.81. The van der Waals surface area contributed by atoms with Crippen molar-refractivity contribution in [1.29, 1.82) is 0 Å². The Morgan fingerprint density at radius 1 is 0.322 bits per heavy atom. The number of rotatable bonds is 7. The number of hydrogen-bond donors (Lipinski definition) is 0. The molecule has 0 saturated heterocycles. The molecule has 0 N–H and O–H groups in total. The lowest BCUT2D eigenvalue weighted by molar-refractivity contribution is 0.660. The molecule has 1 aliphatic rings. The summed E-state index contributed by atoms with van der Waals surface area (Å²) in [6, 6.07) is 76.9. The average Bonchev–Trinajstić information content (AvgIpc) is 3.78. The molecule has 1 aromatic heterocycles. The predicted octanol–water partition coefficient (Wildman–Crippen LogP) is 16.0. The minimum atomic E-state index is -0.191. The fraction of sp³-hybridized carbons (Fsp3) is 0.0526. The third kappa shape index (κ3) is 6.04. The Labute approximate surface area is 345 Å². The van der Waals surface area contributed by atoms with Gasteiger partial charge in [0, 0.05) is 39.3 Å². The summed E-state index contributed by atoms with van der Waals surface area (Å²) in [4.78, 5) is 2.38. The zero-order chi connectivity index (χ0) is 39.5. The molecule has 280 valence electrons. The molecular weight excluding hydrogens is 715 g/mol. The van der Waals surface area contributed by atoms with Gasteiger partial charge in [-0.3, -0.25) is 0 Å². The highest BCUT2D eigenvalue weighted by atomic mass is 16.3. The second kappa shape index (κ2) is 13.9. The van der Waals surface area contributed by atoms with Crippen molar-refractivity contribution in [2.45, 2.75) is 19.3 Å². The van der Waals surface area contributed by atoms with Gasteiger partial charge in [-0.2, -0.15) is 0 Å². The van der Waals surface area contributed by atoms with Crippen molar-refractivity contribution in [3.8, 4) is 55.6 Å². The number of nitrogens with zero attached hydrogens (tertiary/aromatic N) is 1. The summed E-state index contributed by atoms with van der Waals surface area (Å²) >= 11 is 0. The first-order chi connectivity index (χ1) is 29.0. The maximum Gasteiger partial charge on any atom is 0.137 e. The minimum Gasteiger partial charge on any atom is -0.456 e. The van der Waals surface area contributed by atoms with Gasteiger partial charge in [0.15, 0.2) is 0 Å². The van der Waals surface area contributed by atoms with Crippen LogP contribution in [0.25, 0.3) is 77.6 Å². The normalized spacial score (nSPS) is 12.7. The van der Waals surface area contributed by atoms with Gasteiger partial charge in [0.05, 0.1) is 0 Å². The maximum absolute atomic E-state index is 6.46. The van der Waals surface area contributed by atoms with Crippen molar-refractivity contribution in [3.63, 3.8) is 0 Å². The predicted molar refractivity (Wildman–Crippen MR) is 248 cm³/mol. The van der Waals surface area contributed by atoms with E-state index in [-0.39, 0.29) is 5.41 Å². The lowest BCUT2D eigenvalue weighted by Crippen LogP contribution is -2.16. The van der Waals surface area contributed by atoms with E-state index in [9.17, 15) is 0 Å². The average molecular weight is 756 g/mol. The van der Waals surface area contributed by atoms with E-state index in [0.717, 1.165) is 44.6 Å². The second-order valence-corrected chi connectivity index (χ2v) is 16.2. The molecule has 59 heavy (non-hydrogen) atoms. The highest BCUT2D eigenvalue weighted by Gasteiger charge is 2.36. The van der Waals surface area contributed by atoms with Gasteiger partial charge in [-0.1, -0.05) is 153 Å². The van der Waals surface area contributed by atoms with Crippen LogP contribution in [0.15, 0.2) is 217 Å². The minimum absolute atomic E-state index is 0.191. The quantitative estimate of drug-likeness (QED) is 0.161. The molecule has 10 aromatic rings. The molecule has 0 bridgehead atoms. The van der Waals surface area contributed by atoms with Gasteiger partial charge in [0.2, 0.25) is 0 Å². The smallest absolute Gasteiger partial charge is 0.137 e. The van der Waals surface area contributed by atoms with Crippen LogP contribution in [0.2, 0.25) is 0 Å². The molecule has 0 atom stereocenters. The molecule has 11 rings (SSSR count). The van der Waals surface area contributed by atoms with Crippen LogP contribution in [0.1, 0.15) is 25.0 Å². The standard InChI is InChI=1S/C57H41NO/c1-57(2)53-35-42(38-14-6-3-7-15-38)24-29-49(53)50-30-27-47(36-54(50)57)58(48-28-31-52-51-20-12-13-21-55(51)59-56(52)37-48)46-25-22-41(23-26-46)45-33-43(39-16-8-4-9-17-39)32-44(34-45)40-18-10-5-11-19-40/h3-37H,1-2H3. The van der Waals surface area contributed by atoms with Crippen LogP contribution in [-0.2, 0) is 5.41 Å². The summed E-state index contributed by atoms with van der Waals surface area (Å²) in [7, 11) is 0. The molecule has 2 nitrogen and oxygen atoms in total. The van der Waals surface area contributed by atoms with E-state index in [1.807, 2.05) is 12.1 Å². The summed E-state index contributed by atoms with van der Waals surface area (Å²) in [6.45, 7) is 4.73. The molecule has 1 aliphatic carbocycles. The third-order valence-electron chi connectivity index (χ3n) is 12.3. The molecule has 0 aliphatic heterocycles. The van der Waals surface area contributed by atoms with Crippen molar-refractivity contribution in [2.75, 3.05) is 4.90 Å². The fourth-order valence-electron chi connectivity index (χ4n) is 9.17. The van der Waals surface area contributed by atoms with Gasteiger partial charge >= 0.3 is 0 Å². The van der Waals surface area contributed by atoms with Gasteiger partial charge in [0.25, 0.3) is 0 Å². The monoisotopic (exact) mass is 755 g/mol. The first kappa shape index (κ1) is 34.8. The van der Waals surface area contributed by atoms with Crippen LogP contribution in [0.5, 0.6) is 0 Å². The number of anilines is 3. The van der Waals surface area contributed by atoms with Crippen LogP contribution in [0, 0.1) is 0 Å². The molecule has 0 amide bonds. The number of hydrogen-bond acceptors (Lipinski definition) is 2. The van der Waals surface area contributed by atoms with E-state index in [4.69, 9.17) is 4.42 Å². The first-order valence-corrected chi connectivity index (χ1v) is 20.4. The Kier molecular flexibility index (Phi) is 8.20. The maximum atomic E-state index is 6.46. The van der Waals surface area contributed by atoms with Crippen LogP contribution in [0.3, 0.4) is 0 Å².